The Bertz CT molecular complexity index is 1520. The van der Waals surface area contributed by atoms with Crippen molar-refractivity contribution in [2.75, 3.05) is 0 Å². The Morgan fingerprint density at radius 3 is 1.80 bits per heavy atom. The highest BCUT2D eigenvalue weighted by atomic mass is 79.9. The second-order valence-electron chi connectivity index (χ2n) is 7.36. The number of para-hydroxylation sites is 2. The van der Waals surface area contributed by atoms with E-state index < -0.39 is 5.82 Å². The van der Waals surface area contributed by atoms with Crippen molar-refractivity contribution in [2.24, 2.45) is 0 Å². The maximum atomic E-state index is 13.5. The summed E-state index contributed by atoms with van der Waals surface area (Å²) in [5.41, 5.74) is 2.15. The van der Waals surface area contributed by atoms with Crippen molar-refractivity contribution in [3.63, 3.8) is 0 Å². The van der Waals surface area contributed by atoms with Gasteiger partial charge in [0.1, 0.15) is 5.75 Å². The van der Waals surface area contributed by atoms with Crippen LogP contribution in [0.2, 0.25) is 0 Å². The van der Waals surface area contributed by atoms with Crippen LogP contribution in [0.4, 0.5) is 8.78 Å². The van der Waals surface area contributed by atoms with E-state index in [0.717, 1.165) is 15.4 Å². The van der Waals surface area contributed by atoms with Gasteiger partial charge in [-0.2, -0.15) is 0 Å². The first-order valence-corrected chi connectivity index (χ1v) is 11.5. The van der Waals surface area contributed by atoms with Crippen LogP contribution >= 0.6 is 15.9 Å². The normalized spacial score (nSPS) is 10.3. The first-order valence-electron chi connectivity index (χ1n) is 10.7. The molecule has 0 amide bonds. The van der Waals surface area contributed by atoms with E-state index in [2.05, 4.69) is 38.0 Å². The zero-order valence-electron chi connectivity index (χ0n) is 18.4. The molecule has 2 heterocycles. The summed E-state index contributed by atoms with van der Waals surface area (Å²) in [4.78, 5) is 6.22. The van der Waals surface area contributed by atoms with E-state index in [1.54, 1.807) is 24.3 Å². The fraction of sp³-hybridized carbons (Fsp3) is 0. The third-order valence-corrected chi connectivity index (χ3v) is 5.70. The molecule has 0 spiro atoms. The van der Waals surface area contributed by atoms with Crippen LogP contribution in [0.3, 0.4) is 0 Å². The molecule has 7 heteroatoms. The molecule has 0 saturated carbocycles. The third kappa shape index (κ3) is 6.07. The summed E-state index contributed by atoms with van der Waals surface area (Å²) in [5, 5.41) is 10.7. The van der Waals surface area contributed by atoms with Gasteiger partial charge < -0.3 is 19.8 Å². The van der Waals surface area contributed by atoms with Crippen LogP contribution in [0.1, 0.15) is 0 Å². The summed E-state index contributed by atoms with van der Waals surface area (Å²) in [5.74, 6) is -0.352. The van der Waals surface area contributed by atoms with Gasteiger partial charge in [0.15, 0.2) is 23.1 Å². The number of aromatic amines is 2. The molecule has 2 aromatic heterocycles. The SMILES string of the molecule is Brc1cccc2[nH]ccc12.Fc1ccccc1Oc1cccc2[nH]ccc12.Oc1ccccc1F. The summed E-state index contributed by atoms with van der Waals surface area (Å²) in [6.45, 7) is 0. The summed E-state index contributed by atoms with van der Waals surface area (Å²) in [6, 6.07) is 27.7. The molecule has 0 aliphatic carbocycles. The predicted molar refractivity (Wildman–Crippen MR) is 139 cm³/mol. The van der Waals surface area contributed by atoms with E-state index in [9.17, 15) is 8.78 Å². The zero-order chi connectivity index (χ0) is 24.6. The van der Waals surface area contributed by atoms with Crippen molar-refractivity contribution in [1.29, 1.82) is 0 Å². The van der Waals surface area contributed by atoms with Crippen molar-refractivity contribution in [3.05, 3.63) is 126 Å². The number of fused-ring (bicyclic) bond motifs is 2. The molecule has 35 heavy (non-hydrogen) atoms. The zero-order valence-corrected chi connectivity index (χ0v) is 20.0. The Hall–Kier alpha value is -4.10. The maximum absolute atomic E-state index is 13.5. The van der Waals surface area contributed by atoms with Crippen LogP contribution in [-0.2, 0) is 0 Å². The molecule has 0 saturated heterocycles. The second kappa shape index (κ2) is 11.4. The minimum atomic E-state index is -0.576. The van der Waals surface area contributed by atoms with Crippen LogP contribution in [0.25, 0.3) is 21.8 Å². The number of benzene rings is 4. The molecule has 3 N–H and O–H groups in total. The Kier molecular flexibility index (Phi) is 7.80. The van der Waals surface area contributed by atoms with E-state index in [1.165, 1.54) is 35.2 Å². The monoisotopic (exact) mass is 534 g/mol. The quantitative estimate of drug-likeness (QED) is 0.208. The predicted octanol–water partition coefficient (Wildman–Crippen LogP) is 8.56. The Morgan fingerprint density at radius 1 is 0.600 bits per heavy atom. The van der Waals surface area contributed by atoms with Crippen molar-refractivity contribution < 1.29 is 18.6 Å². The molecule has 4 aromatic carbocycles. The molecule has 4 nitrogen and oxygen atoms in total. The van der Waals surface area contributed by atoms with E-state index in [1.807, 2.05) is 48.8 Å². The average Bonchev–Trinajstić information content (AvgIpc) is 3.54. The second-order valence-corrected chi connectivity index (χ2v) is 8.21. The lowest BCUT2D eigenvalue weighted by Crippen LogP contribution is -1.87. The van der Waals surface area contributed by atoms with Gasteiger partial charge in [-0.25, -0.2) is 8.78 Å². The molecule has 6 aromatic rings. The number of hydrogen-bond donors (Lipinski definition) is 3. The van der Waals surface area contributed by atoms with Gasteiger partial charge in [-0.05, 0) is 60.7 Å². The molecular weight excluding hydrogens is 514 g/mol. The lowest BCUT2D eigenvalue weighted by atomic mass is 10.2. The fourth-order valence-electron chi connectivity index (χ4n) is 3.29. The molecule has 0 atom stereocenters. The molecule has 0 fully saturated rings. The molecule has 0 bridgehead atoms. The van der Waals surface area contributed by atoms with Gasteiger partial charge in [-0.3, -0.25) is 0 Å². The highest BCUT2D eigenvalue weighted by Gasteiger charge is 2.07. The number of phenols is 1. The van der Waals surface area contributed by atoms with E-state index in [4.69, 9.17) is 9.84 Å². The Morgan fingerprint density at radius 2 is 1.17 bits per heavy atom. The molecular formula is C28H21BrF2N2O2. The van der Waals surface area contributed by atoms with E-state index >= 15 is 0 Å². The number of hydrogen-bond acceptors (Lipinski definition) is 2. The van der Waals surface area contributed by atoms with Crippen LogP contribution in [0, 0.1) is 11.6 Å². The van der Waals surface area contributed by atoms with Crippen LogP contribution in [-0.4, -0.2) is 15.1 Å². The van der Waals surface area contributed by atoms with Crippen LogP contribution < -0.4 is 4.74 Å². The standard InChI is InChI=1S/C14H10FNO.C8H6BrN.C6H5FO/c15-11-4-1-2-6-14(11)17-13-7-3-5-12-10(13)8-9-16-12;9-7-2-1-3-8-6(7)4-5-10-8;7-5-3-1-2-4-6(5)8/h1-9,16H;1-5,10H;1-4,8H. The number of nitrogens with one attached hydrogen (secondary N) is 2. The third-order valence-electron chi connectivity index (χ3n) is 5.01. The number of aromatic nitrogens is 2. The van der Waals surface area contributed by atoms with Crippen LogP contribution in [0.5, 0.6) is 17.2 Å². The minimum absolute atomic E-state index is 0.237. The highest BCUT2D eigenvalue weighted by molar-refractivity contribution is 9.10. The molecule has 0 aliphatic rings. The van der Waals surface area contributed by atoms with Gasteiger partial charge >= 0.3 is 0 Å². The summed E-state index contributed by atoms with van der Waals surface area (Å²) < 4.78 is 32.3. The lowest BCUT2D eigenvalue weighted by molar-refractivity contribution is 0.432. The largest absolute Gasteiger partial charge is 0.505 e. The summed E-state index contributed by atoms with van der Waals surface area (Å²) in [7, 11) is 0. The fourth-order valence-corrected chi connectivity index (χ4v) is 3.79. The van der Waals surface area contributed by atoms with Crippen molar-refractivity contribution >= 4 is 37.7 Å². The number of aromatic hydroxyl groups is 1. The lowest BCUT2D eigenvalue weighted by Gasteiger charge is -2.07. The minimum Gasteiger partial charge on any atom is -0.505 e. The van der Waals surface area contributed by atoms with Crippen molar-refractivity contribution in [1.82, 2.24) is 9.97 Å². The van der Waals surface area contributed by atoms with Gasteiger partial charge in [0.2, 0.25) is 0 Å². The molecule has 0 aliphatic heterocycles. The van der Waals surface area contributed by atoms with E-state index in [0.29, 0.717) is 5.75 Å². The molecule has 6 rings (SSSR count). The molecule has 176 valence electrons. The number of phenolic OH excluding ortho intramolecular Hbond substituents is 1. The van der Waals surface area contributed by atoms with Crippen LogP contribution in [0.15, 0.2) is 114 Å². The Labute approximate surface area is 209 Å². The molecule has 0 radical (unpaired) electrons. The number of halogens is 3. The Balaban J connectivity index is 0.000000136. The van der Waals surface area contributed by atoms with Crippen molar-refractivity contribution in [3.8, 4) is 17.2 Å². The smallest absolute Gasteiger partial charge is 0.165 e. The maximum Gasteiger partial charge on any atom is 0.165 e. The van der Waals surface area contributed by atoms with Gasteiger partial charge in [0.25, 0.3) is 0 Å². The number of H-pyrrole nitrogens is 2. The van der Waals surface area contributed by atoms with Crippen molar-refractivity contribution in [2.45, 2.75) is 0 Å². The van der Waals surface area contributed by atoms with Gasteiger partial charge in [0, 0.05) is 38.7 Å². The number of rotatable bonds is 2. The van der Waals surface area contributed by atoms with Gasteiger partial charge in [-0.15, -0.1) is 0 Å². The topological polar surface area (TPSA) is 61.0 Å². The summed E-state index contributed by atoms with van der Waals surface area (Å²) >= 11 is 3.46. The first-order chi connectivity index (χ1) is 17.0. The average molecular weight is 535 g/mol. The van der Waals surface area contributed by atoms with Gasteiger partial charge in [0.05, 0.1) is 0 Å². The summed E-state index contributed by atoms with van der Waals surface area (Å²) in [6.07, 6.45) is 3.77. The first kappa shape index (κ1) is 24.0. The number of ether oxygens (including phenoxy) is 1. The highest BCUT2D eigenvalue weighted by Crippen LogP contribution is 2.30. The van der Waals surface area contributed by atoms with Gasteiger partial charge in [-0.1, -0.05) is 52.3 Å². The molecule has 0 unspecified atom stereocenters. The van der Waals surface area contributed by atoms with E-state index in [-0.39, 0.29) is 17.3 Å².